The molecule has 1 aromatic heterocycles. The number of hydrogen-bond acceptors (Lipinski definition) is 4. The third-order valence-electron chi connectivity index (χ3n) is 4.72. The lowest BCUT2D eigenvalue weighted by molar-refractivity contribution is 0.197. The first kappa shape index (κ1) is 18.8. The van der Waals surface area contributed by atoms with E-state index in [1.807, 2.05) is 19.1 Å². The van der Waals surface area contributed by atoms with Crippen LogP contribution in [0.5, 0.6) is 5.88 Å². The Balaban J connectivity index is 1.64. The fraction of sp³-hybridized carbons (Fsp3) is 0.350. The van der Waals surface area contributed by atoms with Crippen molar-refractivity contribution in [2.45, 2.75) is 20.3 Å². The lowest BCUT2D eigenvalue weighted by Gasteiger charge is -2.33. The molecule has 2 amide bonds. The van der Waals surface area contributed by atoms with Crippen LogP contribution < -0.4 is 10.1 Å². The third kappa shape index (κ3) is 4.42. The number of anilines is 1. The Kier molecular flexibility index (Phi) is 5.69. The van der Waals surface area contributed by atoms with E-state index in [1.54, 1.807) is 24.0 Å². The van der Waals surface area contributed by atoms with Crippen LogP contribution in [0.25, 0.3) is 6.08 Å². The second kappa shape index (κ2) is 8.16. The van der Waals surface area contributed by atoms with E-state index >= 15 is 0 Å². The van der Waals surface area contributed by atoms with E-state index in [-0.39, 0.29) is 17.8 Å². The van der Waals surface area contributed by atoms with Gasteiger partial charge in [-0.15, -0.1) is 0 Å². The van der Waals surface area contributed by atoms with Crippen LogP contribution in [0.2, 0.25) is 0 Å². The molecule has 1 saturated heterocycles. The van der Waals surface area contributed by atoms with Crippen LogP contribution in [-0.4, -0.2) is 41.1 Å². The number of carbonyl (C=O) groups excluding carboxylic acids is 1. The van der Waals surface area contributed by atoms with Crippen LogP contribution in [0.3, 0.4) is 0 Å². The predicted octanol–water partition coefficient (Wildman–Crippen LogP) is 3.89. The van der Waals surface area contributed by atoms with Gasteiger partial charge >= 0.3 is 6.03 Å². The van der Waals surface area contributed by atoms with E-state index < -0.39 is 0 Å². The minimum absolute atomic E-state index is 0.145. The fourth-order valence-electron chi connectivity index (χ4n) is 3.10. The van der Waals surface area contributed by atoms with Crippen molar-refractivity contribution >= 4 is 17.9 Å². The second-order valence-corrected chi connectivity index (χ2v) is 6.67. The Morgan fingerprint density at radius 1 is 1.37 bits per heavy atom. The largest absolute Gasteiger partial charge is 0.480 e. The highest BCUT2D eigenvalue weighted by Gasteiger charge is 2.25. The van der Waals surface area contributed by atoms with Gasteiger partial charge in [0.25, 0.3) is 0 Å². The zero-order valence-electron chi connectivity index (χ0n) is 15.7. The Labute approximate surface area is 158 Å². The van der Waals surface area contributed by atoms with Crippen molar-refractivity contribution < 1.29 is 13.9 Å². The molecule has 1 fully saturated rings. The number of nitrogens with one attached hydrogen (secondary N) is 1. The van der Waals surface area contributed by atoms with Crippen molar-refractivity contribution in [1.29, 1.82) is 0 Å². The van der Waals surface area contributed by atoms with E-state index in [0.717, 1.165) is 5.57 Å². The molecule has 1 aliphatic heterocycles. The number of carbonyl (C=O) groups is 1. The van der Waals surface area contributed by atoms with Gasteiger partial charge in [-0.3, -0.25) is 5.32 Å². The Hall–Kier alpha value is -2.96. The summed E-state index contributed by atoms with van der Waals surface area (Å²) in [6.45, 7) is 4.94. The summed E-state index contributed by atoms with van der Waals surface area (Å²) >= 11 is 0. The van der Waals surface area contributed by atoms with Crippen molar-refractivity contribution in [2.75, 3.05) is 25.5 Å². The molecule has 1 aliphatic rings. The lowest BCUT2D eigenvalue weighted by Crippen LogP contribution is -2.42. The molecule has 1 atom stereocenters. The molecule has 142 valence electrons. The number of methoxy groups -OCH3 is 1. The molecule has 27 heavy (non-hydrogen) atoms. The summed E-state index contributed by atoms with van der Waals surface area (Å²) in [7, 11) is 1.51. The molecule has 0 aliphatic carbocycles. The molecule has 1 aromatic carbocycles. The first-order chi connectivity index (χ1) is 13.0. The van der Waals surface area contributed by atoms with E-state index in [4.69, 9.17) is 4.74 Å². The van der Waals surface area contributed by atoms with Gasteiger partial charge in [-0.05, 0) is 24.8 Å². The number of nitrogens with zero attached hydrogens (tertiary/aromatic N) is 3. The zero-order valence-corrected chi connectivity index (χ0v) is 15.7. The Morgan fingerprint density at radius 3 is 2.85 bits per heavy atom. The maximum atomic E-state index is 14.2. The Morgan fingerprint density at radius 2 is 2.19 bits per heavy atom. The minimum Gasteiger partial charge on any atom is -0.480 e. The summed E-state index contributed by atoms with van der Waals surface area (Å²) in [4.78, 5) is 22.3. The van der Waals surface area contributed by atoms with Gasteiger partial charge in [-0.1, -0.05) is 36.8 Å². The molecule has 2 aromatic rings. The van der Waals surface area contributed by atoms with Crippen molar-refractivity contribution in [3.63, 3.8) is 0 Å². The molecule has 0 radical (unpaired) electrons. The zero-order chi connectivity index (χ0) is 19.4. The molecule has 0 bridgehead atoms. The number of piperidine rings is 1. The number of urea groups is 1. The van der Waals surface area contributed by atoms with Gasteiger partial charge in [0.1, 0.15) is 5.82 Å². The van der Waals surface area contributed by atoms with Crippen LogP contribution >= 0.6 is 0 Å². The number of likely N-dealkylation sites (tertiary alicyclic amines) is 1. The van der Waals surface area contributed by atoms with Gasteiger partial charge < -0.3 is 9.64 Å². The standard InChI is InChI=1S/C20H23FN4O2/c1-13-5-4-6-16(19(13)21)9-15-7-8-25(12-14(15)2)20(26)24-17-10-23-18(27-3)11-22-17/h4-6,9-11,14H,7-8,12H2,1-3H3,(H,22,24,26). The first-order valence-corrected chi connectivity index (χ1v) is 8.85. The highest BCUT2D eigenvalue weighted by molar-refractivity contribution is 5.88. The van der Waals surface area contributed by atoms with E-state index in [1.165, 1.54) is 19.5 Å². The van der Waals surface area contributed by atoms with E-state index in [9.17, 15) is 9.18 Å². The van der Waals surface area contributed by atoms with Crippen molar-refractivity contribution in [3.05, 3.63) is 53.1 Å². The highest BCUT2D eigenvalue weighted by atomic mass is 19.1. The second-order valence-electron chi connectivity index (χ2n) is 6.67. The van der Waals surface area contributed by atoms with Crippen LogP contribution in [-0.2, 0) is 0 Å². The molecule has 1 unspecified atom stereocenters. The number of aromatic nitrogens is 2. The fourth-order valence-corrected chi connectivity index (χ4v) is 3.10. The van der Waals surface area contributed by atoms with Gasteiger partial charge in [0.2, 0.25) is 5.88 Å². The van der Waals surface area contributed by atoms with Crippen molar-refractivity contribution in [3.8, 4) is 5.88 Å². The van der Waals surface area contributed by atoms with E-state index in [0.29, 0.717) is 42.3 Å². The van der Waals surface area contributed by atoms with Gasteiger partial charge in [0, 0.05) is 18.7 Å². The normalized spacial score (nSPS) is 18.4. The molecule has 3 rings (SSSR count). The maximum absolute atomic E-state index is 14.2. The number of amides is 2. The summed E-state index contributed by atoms with van der Waals surface area (Å²) in [5.74, 6) is 0.719. The van der Waals surface area contributed by atoms with E-state index in [2.05, 4.69) is 15.3 Å². The summed E-state index contributed by atoms with van der Waals surface area (Å²) in [6.07, 6.45) is 5.52. The molecule has 6 nitrogen and oxygen atoms in total. The summed E-state index contributed by atoms with van der Waals surface area (Å²) in [6, 6.07) is 5.18. The summed E-state index contributed by atoms with van der Waals surface area (Å²) in [5, 5.41) is 2.74. The van der Waals surface area contributed by atoms with Crippen LogP contribution in [0.1, 0.15) is 24.5 Å². The SMILES string of the molecule is COc1cnc(NC(=O)N2CCC(=Cc3cccc(C)c3F)C(C)C2)cn1. The topological polar surface area (TPSA) is 67.3 Å². The number of halogens is 1. The molecular weight excluding hydrogens is 347 g/mol. The number of aryl methyl sites for hydroxylation is 1. The number of hydrogen-bond donors (Lipinski definition) is 1. The maximum Gasteiger partial charge on any atom is 0.323 e. The van der Waals surface area contributed by atoms with Crippen LogP contribution in [0.15, 0.2) is 36.2 Å². The quantitative estimate of drug-likeness (QED) is 0.890. The number of benzene rings is 1. The number of ether oxygens (including phenoxy) is 1. The molecule has 2 heterocycles. The molecule has 0 spiro atoms. The lowest BCUT2D eigenvalue weighted by atomic mass is 9.91. The smallest absolute Gasteiger partial charge is 0.323 e. The average molecular weight is 370 g/mol. The highest BCUT2D eigenvalue weighted by Crippen LogP contribution is 2.26. The number of rotatable bonds is 3. The molecular formula is C20H23FN4O2. The van der Waals surface area contributed by atoms with Gasteiger partial charge in [0.15, 0.2) is 5.82 Å². The average Bonchev–Trinajstić information content (AvgIpc) is 2.67. The molecule has 7 heteroatoms. The molecule has 1 N–H and O–H groups in total. The van der Waals surface area contributed by atoms with Crippen LogP contribution in [0, 0.1) is 18.7 Å². The van der Waals surface area contributed by atoms with Gasteiger partial charge in [-0.2, -0.15) is 0 Å². The van der Waals surface area contributed by atoms with Crippen molar-refractivity contribution in [2.24, 2.45) is 5.92 Å². The minimum atomic E-state index is -0.220. The third-order valence-corrected chi connectivity index (χ3v) is 4.72. The van der Waals surface area contributed by atoms with Gasteiger partial charge in [0.05, 0.1) is 19.5 Å². The monoisotopic (exact) mass is 370 g/mol. The first-order valence-electron chi connectivity index (χ1n) is 8.85. The predicted molar refractivity (Wildman–Crippen MR) is 102 cm³/mol. The molecule has 0 saturated carbocycles. The summed E-state index contributed by atoms with van der Waals surface area (Å²) in [5.41, 5.74) is 2.38. The summed E-state index contributed by atoms with van der Waals surface area (Å²) < 4.78 is 19.2. The van der Waals surface area contributed by atoms with Gasteiger partial charge in [-0.25, -0.2) is 19.2 Å². The Bertz CT molecular complexity index is 852. The van der Waals surface area contributed by atoms with Crippen molar-refractivity contribution in [1.82, 2.24) is 14.9 Å². The van der Waals surface area contributed by atoms with Crippen LogP contribution in [0.4, 0.5) is 15.0 Å².